The Kier molecular flexibility index (Phi) is 4.70. The van der Waals surface area contributed by atoms with Gasteiger partial charge in [0.2, 0.25) is 0 Å². The Hall–Kier alpha value is -2.05. The van der Waals surface area contributed by atoms with E-state index < -0.39 is 18.0 Å². The molecule has 0 saturated heterocycles. The van der Waals surface area contributed by atoms with Gasteiger partial charge in [0.25, 0.3) is 0 Å². The fourth-order valence-corrected chi connectivity index (χ4v) is 1.44. The summed E-state index contributed by atoms with van der Waals surface area (Å²) < 4.78 is 0. The number of nitrogens with one attached hydrogen (secondary N) is 2. The minimum Gasteiger partial charge on any atom is -0.480 e. The molecule has 0 aliphatic carbocycles. The lowest BCUT2D eigenvalue weighted by Gasteiger charge is -2.22. The first kappa shape index (κ1) is 14.0. The number of aromatic nitrogens is 2. The lowest BCUT2D eigenvalue weighted by molar-refractivity contribution is -0.140. The molecule has 0 radical (unpaired) electrons. The number of imidazole rings is 1. The smallest absolute Gasteiger partial charge is 0.326 e. The number of nitrogens with zero attached hydrogens (tertiary/aromatic N) is 2. The molecule has 1 heterocycles. The van der Waals surface area contributed by atoms with E-state index in [-0.39, 0.29) is 5.92 Å². The van der Waals surface area contributed by atoms with Crippen molar-refractivity contribution in [2.45, 2.75) is 26.4 Å². The summed E-state index contributed by atoms with van der Waals surface area (Å²) in [5, 5.41) is 11.5. The Morgan fingerprint density at radius 3 is 2.67 bits per heavy atom. The predicted octanol–water partition coefficient (Wildman–Crippen LogP) is 0.660. The van der Waals surface area contributed by atoms with E-state index in [1.165, 1.54) is 4.90 Å². The van der Waals surface area contributed by atoms with Crippen LogP contribution in [-0.4, -0.2) is 45.1 Å². The monoisotopic (exact) mass is 254 g/mol. The molecule has 0 fully saturated rings. The maximum absolute atomic E-state index is 11.8. The van der Waals surface area contributed by atoms with Crippen LogP contribution < -0.4 is 5.32 Å². The van der Waals surface area contributed by atoms with Crippen LogP contribution in [0.2, 0.25) is 0 Å². The summed E-state index contributed by atoms with van der Waals surface area (Å²) in [5.41, 5.74) is 0. The van der Waals surface area contributed by atoms with Gasteiger partial charge < -0.3 is 20.3 Å². The molecule has 1 rings (SSSR count). The number of amides is 2. The molecule has 0 saturated carbocycles. The highest BCUT2D eigenvalue weighted by Crippen LogP contribution is 2.03. The summed E-state index contributed by atoms with van der Waals surface area (Å²) in [4.78, 5) is 31.0. The second kappa shape index (κ2) is 6.04. The van der Waals surface area contributed by atoms with Crippen LogP contribution in [0.25, 0.3) is 0 Å². The second-order valence-corrected chi connectivity index (χ2v) is 4.40. The lowest BCUT2D eigenvalue weighted by Crippen LogP contribution is -2.48. The van der Waals surface area contributed by atoms with Crippen molar-refractivity contribution < 1.29 is 14.7 Å². The van der Waals surface area contributed by atoms with E-state index >= 15 is 0 Å². The molecule has 1 unspecified atom stereocenters. The van der Waals surface area contributed by atoms with Crippen LogP contribution in [0.4, 0.5) is 4.79 Å². The Balaban J connectivity index is 2.56. The van der Waals surface area contributed by atoms with Crippen molar-refractivity contribution in [3.8, 4) is 0 Å². The molecule has 0 spiro atoms. The van der Waals surface area contributed by atoms with Crippen LogP contribution in [0.3, 0.4) is 0 Å². The van der Waals surface area contributed by atoms with Gasteiger partial charge >= 0.3 is 12.0 Å². The van der Waals surface area contributed by atoms with Crippen LogP contribution in [-0.2, 0) is 11.3 Å². The average molecular weight is 254 g/mol. The van der Waals surface area contributed by atoms with E-state index in [1.54, 1.807) is 33.3 Å². The van der Waals surface area contributed by atoms with Crippen molar-refractivity contribution in [2.24, 2.45) is 5.92 Å². The zero-order chi connectivity index (χ0) is 13.7. The first-order chi connectivity index (χ1) is 8.41. The minimum atomic E-state index is -1.04. The fraction of sp³-hybridized carbons (Fsp3) is 0.545. The first-order valence-electron chi connectivity index (χ1n) is 5.64. The third-order valence-electron chi connectivity index (χ3n) is 2.50. The molecule has 1 atom stereocenters. The molecule has 1 aromatic heterocycles. The van der Waals surface area contributed by atoms with E-state index in [9.17, 15) is 9.59 Å². The summed E-state index contributed by atoms with van der Waals surface area (Å²) in [6.07, 6.45) is 3.25. The number of aliphatic carboxylic acids is 1. The number of urea groups is 1. The van der Waals surface area contributed by atoms with E-state index in [2.05, 4.69) is 15.3 Å². The quantitative estimate of drug-likeness (QED) is 0.718. The number of carboxylic acid groups (broad SMARTS) is 1. The predicted molar refractivity (Wildman–Crippen MR) is 64.8 cm³/mol. The van der Waals surface area contributed by atoms with E-state index in [1.807, 2.05) is 0 Å². The Bertz CT molecular complexity index is 402. The van der Waals surface area contributed by atoms with Crippen LogP contribution >= 0.6 is 0 Å². The molecule has 18 heavy (non-hydrogen) atoms. The van der Waals surface area contributed by atoms with Crippen molar-refractivity contribution in [3.05, 3.63) is 18.2 Å². The third-order valence-corrected chi connectivity index (χ3v) is 2.50. The number of carboxylic acids is 1. The largest absolute Gasteiger partial charge is 0.480 e. The maximum atomic E-state index is 11.8. The van der Waals surface area contributed by atoms with Crippen LogP contribution in [0.1, 0.15) is 19.7 Å². The standard InChI is InChI=1S/C11H18N4O3/c1-7(2)9(10(16)17)14-11(18)15(3)6-8-12-4-5-13-8/h4-5,7,9H,6H2,1-3H3,(H,12,13)(H,14,18)(H,16,17). The van der Waals surface area contributed by atoms with E-state index in [0.717, 1.165) is 0 Å². The number of hydrogen-bond acceptors (Lipinski definition) is 3. The van der Waals surface area contributed by atoms with Crippen molar-refractivity contribution in [1.82, 2.24) is 20.2 Å². The molecule has 0 bridgehead atoms. The number of rotatable bonds is 5. The molecule has 0 aliphatic rings. The van der Waals surface area contributed by atoms with E-state index in [0.29, 0.717) is 12.4 Å². The van der Waals surface area contributed by atoms with Gasteiger partial charge in [-0.3, -0.25) is 0 Å². The number of carbonyl (C=O) groups excluding carboxylic acids is 1. The third kappa shape index (κ3) is 3.76. The minimum absolute atomic E-state index is 0.177. The first-order valence-corrected chi connectivity index (χ1v) is 5.64. The molecule has 100 valence electrons. The molecule has 7 heteroatoms. The molecule has 2 amide bonds. The zero-order valence-corrected chi connectivity index (χ0v) is 10.7. The van der Waals surface area contributed by atoms with Crippen molar-refractivity contribution in [1.29, 1.82) is 0 Å². The van der Waals surface area contributed by atoms with Gasteiger partial charge in [-0.05, 0) is 5.92 Å². The maximum Gasteiger partial charge on any atom is 0.326 e. The van der Waals surface area contributed by atoms with Gasteiger partial charge in [-0.25, -0.2) is 14.6 Å². The lowest BCUT2D eigenvalue weighted by atomic mass is 10.1. The zero-order valence-electron chi connectivity index (χ0n) is 10.7. The number of aromatic amines is 1. The highest BCUT2D eigenvalue weighted by Gasteiger charge is 2.24. The fourth-order valence-electron chi connectivity index (χ4n) is 1.44. The van der Waals surface area contributed by atoms with Gasteiger partial charge in [-0.1, -0.05) is 13.8 Å². The molecular formula is C11H18N4O3. The van der Waals surface area contributed by atoms with Crippen molar-refractivity contribution in [2.75, 3.05) is 7.05 Å². The highest BCUT2D eigenvalue weighted by atomic mass is 16.4. The second-order valence-electron chi connectivity index (χ2n) is 4.40. The van der Waals surface area contributed by atoms with Gasteiger partial charge in [-0.2, -0.15) is 0 Å². The number of carbonyl (C=O) groups is 2. The molecule has 7 nitrogen and oxygen atoms in total. The van der Waals surface area contributed by atoms with Gasteiger partial charge in [-0.15, -0.1) is 0 Å². The van der Waals surface area contributed by atoms with Crippen LogP contribution in [0.15, 0.2) is 12.4 Å². The summed E-state index contributed by atoms with van der Waals surface area (Å²) >= 11 is 0. The van der Waals surface area contributed by atoms with Crippen molar-refractivity contribution in [3.63, 3.8) is 0 Å². The molecule has 1 aromatic rings. The number of hydrogen-bond donors (Lipinski definition) is 3. The van der Waals surface area contributed by atoms with Crippen LogP contribution in [0.5, 0.6) is 0 Å². The summed E-state index contributed by atoms with van der Waals surface area (Å²) in [7, 11) is 1.58. The van der Waals surface area contributed by atoms with Crippen LogP contribution in [0, 0.1) is 5.92 Å². The summed E-state index contributed by atoms with van der Waals surface area (Å²) in [6, 6.07) is -1.33. The number of H-pyrrole nitrogens is 1. The SMILES string of the molecule is CC(C)C(NC(=O)N(C)Cc1ncc[nH]1)C(=O)O. The molecule has 3 N–H and O–H groups in total. The highest BCUT2D eigenvalue weighted by molar-refractivity contribution is 5.82. The Morgan fingerprint density at radius 1 is 1.56 bits per heavy atom. The van der Waals surface area contributed by atoms with Gasteiger partial charge in [0.1, 0.15) is 11.9 Å². The normalized spacial score (nSPS) is 12.2. The van der Waals surface area contributed by atoms with E-state index in [4.69, 9.17) is 5.11 Å². The molecular weight excluding hydrogens is 236 g/mol. The van der Waals surface area contributed by atoms with Gasteiger partial charge in [0.15, 0.2) is 0 Å². The summed E-state index contributed by atoms with van der Waals surface area (Å²) in [5.74, 6) is -0.572. The summed E-state index contributed by atoms with van der Waals surface area (Å²) in [6.45, 7) is 3.78. The Morgan fingerprint density at radius 2 is 2.22 bits per heavy atom. The Labute approximate surface area is 105 Å². The molecule has 0 aromatic carbocycles. The van der Waals surface area contributed by atoms with Gasteiger partial charge in [0, 0.05) is 19.4 Å². The average Bonchev–Trinajstić information content (AvgIpc) is 2.77. The topological polar surface area (TPSA) is 98.3 Å². The van der Waals surface area contributed by atoms with Gasteiger partial charge in [0.05, 0.1) is 6.54 Å². The molecule has 0 aliphatic heterocycles. The van der Waals surface area contributed by atoms with Crippen molar-refractivity contribution >= 4 is 12.0 Å².